The fourth-order valence-electron chi connectivity index (χ4n) is 1.41. The fraction of sp³-hybridized carbons (Fsp3) is 0.167. The summed E-state index contributed by atoms with van der Waals surface area (Å²) in [7, 11) is 3.40. The highest BCUT2D eigenvalue weighted by molar-refractivity contribution is 6.33. The summed E-state index contributed by atoms with van der Waals surface area (Å²) in [5.41, 5.74) is 0.698. The van der Waals surface area contributed by atoms with Gasteiger partial charge in [0, 0.05) is 19.3 Å². The fourth-order valence-corrected chi connectivity index (χ4v) is 1.57. The van der Waals surface area contributed by atoms with Gasteiger partial charge >= 0.3 is 0 Å². The maximum atomic E-state index is 6.09. The Morgan fingerprint density at radius 2 is 2.11 bits per heavy atom. The molecule has 0 unspecified atom stereocenters. The largest absolute Gasteiger partial charge is 0.497 e. The first-order chi connectivity index (χ1) is 8.72. The highest BCUT2D eigenvalue weighted by Crippen LogP contribution is 2.28. The van der Waals surface area contributed by atoms with Crippen LogP contribution in [0.25, 0.3) is 0 Å². The second-order valence-corrected chi connectivity index (χ2v) is 3.89. The van der Waals surface area contributed by atoms with Crippen LogP contribution >= 0.6 is 11.6 Å². The number of aromatic nitrogens is 2. The Morgan fingerprint density at radius 3 is 2.83 bits per heavy atom. The molecule has 0 aliphatic rings. The van der Waals surface area contributed by atoms with Gasteiger partial charge in [-0.15, -0.1) is 0 Å². The lowest BCUT2D eigenvalue weighted by Gasteiger charge is -2.09. The average molecular weight is 265 g/mol. The summed E-state index contributed by atoms with van der Waals surface area (Å²) in [6.45, 7) is 0. The average Bonchev–Trinajstić information content (AvgIpc) is 2.41. The molecule has 5 nitrogen and oxygen atoms in total. The predicted molar refractivity (Wildman–Crippen MR) is 72.9 cm³/mol. The lowest BCUT2D eigenvalue weighted by atomic mass is 10.3. The molecule has 94 valence electrons. The van der Waals surface area contributed by atoms with E-state index in [1.165, 1.54) is 0 Å². The Bertz CT molecular complexity index is 547. The van der Waals surface area contributed by atoms with Crippen LogP contribution in [-0.4, -0.2) is 24.1 Å². The van der Waals surface area contributed by atoms with Gasteiger partial charge in [-0.1, -0.05) is 11.6 Å². The second kappa shape index (κ2) is 5.55. The molecule has 1 heterocycles. The first-order valence-electron chi connectivity index (χ1n) is 5.34. The van der Waals surface area contributed by atoms with Crippen LogP contribution in [0.15, 0.2) is 30.5 Å². The van der Waals surface area contributed by atoms with Crippen LogP contribution in [0.2, 0.25) is 5.02 Å². The van der Waals surface area contributed by atoms with Gasteiger partial charge in [0.2, 0.25) is 5.95 Å². The minimum atomic E-state index is 0.469. The van der Waals surface area contributed by atoms with Crippen LogP contribution in [0.5, 0.6) is 5.75 Å². The number of rotatable bonds is 4. The molecule has 0 radical (unpaired) electrons. The summed E-state index contributed by atoms with van der Waals surface area (Å²) in [4.78, 5) is 8.37. The van der Waals surface area contributed by atoms with E-state index < -0.39 is 0 Å². The first-order valence-corrected chi connectivity index (χ1v) is 5.72. The van der Waals surface area contributed by atoms with Crippen molar-refractivity contribution in [3.8, 4) is 5.75 Å². The van der Waals surface area contributed by atoms with Gasteiger partial charge in [0.1, 0.15) is 11.6 Å². The lowest BCUT2D eigenvalue weighted by Crippen LogP contribution is -2.00. The van der Waals surface area contributed by atoms with E-state index in [9.17, 15) is 0 Å². The second-order valence-electron chi connectivity index (χ2n) is 3.49. The number of ether oxygens (including phenoxy) is 1. The summed E-state index contributed by atoms with van der Waals surface area (Å²) in [6.07, 6.45) is 1.66. The number of halogens is 1. The van der Waals surface area contributed by atoms with Crippen LogP contribution in [0.1, 0.15) is 0 Å². The van der Waals surface area contributed by atoms with Crippen LogP contribution in [0, 0.1) is 0 Å². The molecule has 0 aliphatic carbocycles. The summed E-state index contributed by atoms with van der Waals surface area (Å²) in [6, 6.07) is 7.11. The van der Waals surface area contributed by atoms with Crippen LogP contribution in [-0.2, 0) is 0 Å². The van der Waals surface area contributed by atoms with Crippen molar-refractivity contribution in [1.29, 1.82) is 0 Å². The van der Waals surface area contributed by atoms with E-state index in [-0.39, 0.29) is 0 Å². The van der Waals surface area contributed by atoms with Gasteiger partial charge in [-0.3, -0.25) is 0 Å². The van der Waals surface area contributed by atoms with Gasteiger partial charge in [0.15, 0.2) is 0 Å². The molecule has 6 heteroatoms. The van der Waals surface area contributed by atoms with E-state index in [4.69, 9.17) is 16.3 Å². The molecule has 0 saturated heterocycles. The molecule has 1 aromatic carbocycles. The zero-order valence-corrected chi connectivity index (χ0v) is 10.8. The summed E-state index contributed by atoms with van der Waals surface area (Å²) in [5.74, 6) is 1.91. The lowest BCUT2D eigenvalue weighted by molar-refractivity contribution is 0.415. The minimum absolute atomic E-state index is 0.469. The molecule has 2 N–H and O–H groups in total. The molecule has 0 atom stereocenters. The van der Waals surface area contributed by atoms with Gasteiger partial charge < -0.3 is 15.4 Å². The molecular formula is C12H13ClN4O. The third kappa shape index (κ3) is 2.81. The zero-order chi connectivity index (χ0) is 13.0. The Labute approximate surface area is 110 Å². The van der Waals surface area contributed by atoms with Crippen molar-refractivity contribution in [2.24, 2.45) is 0 Å². The quantitative estimate of drug-likeness (QED) is 0.889. The van der Waals surface area contributed by atoms with E-state index in [0.29, 0.717) is 22.4 Å². The third-order valence-electron chi connectivity index (χ3n) is 2.33. The van der Waals surface area contributed by atoms with Gasteiger partial charge in [0.25, 0.3) is 0 Å². The standard InChI is InChI=1S/C12H13ClN4O/c1-14-11-5-6-15-12(17-11)16-10-7-8(18-2)3-4-9(10)13/h3-7H,1-2H3,(H2,14,15,16,17). The van der Waals surface area contributed by atoms with Crippen LogP contribution < -0.4 is 15.4 Å². The topological polar surface area (TPSA) is 59.1 Å². The van der Waals surface area contributed by atoms with Crippen molar-refractivity contribution in [1.82, 2.24) is 9.97 Å². The molecule has 2 aromatic rings. The molecule has 0 amide bonds. The van der Waals surface area contributed by atoms with Gasteiger partial charge in [0.05, 0.1) is 17.8 Å². The smallest absolute Gasteiger partial charge is 0.229 e. The number of methoxy groups -OCH3 is 1. The van der Waals surface area contributed by atoms with Crippen molar-refractivity contribution in [2.75, 3.05) is 24.8 Å². The van der Waals surface area contributed by atoms with E-state index in [0.717, 1.165) is 5.82 Å². The molecule has 1 aromatic heterocycles. The van der Waals surface area contributed by atoms with Gasteiger partial charge in [-0.25, -0.2) is 4.98 Å². The van der Waals surface area contributed by atoms with E-state index in [1.807, 2.05) is 0 Å². The van der Waals surface area contributed by atoms with Crippen molar-refractivity contribution < 1.29 is 4.74 Å². The Morgan fingerprint density at radius 1 is 1.28 bits per heavy atom. The number of hydrogen-bond acceptors (Lipinski definition) is 5. The molecule has 2 rings (SSSR count). The SMILES string of the molecule is CNc1ccnc(Nc2cc(OC)ccc2Cl)n1. The van der Waals surface area contributed by atoms with Gasteiger partial charge in [-0.2, -0.15) is 4.98 Å². The molecule has 0 fully saturated rings. The zero-order valence-electron chi connectivity index (χ0n) is 10.1. The monoisotopic (exact) mass is 264 g/mol. The number of benzene rings is 1. The van der Waals surface area contributed by atoms with E-state index in [1.54, 1.807) is 44.6 Å². The Balaban J connectivity index is 2.27. The molecule has 0 aliphatic heterocycles. The maximum absolute atomic E-state index is 6.09. The van der Waals surface area contributed by atoms with Crippen molar-refractivity contribution in [3.05, 3.63) is 35.5 Å². The first kappa shape index (κ1) is 12.4. The highest BCUT2D eigenvalue weighted by atomic mass is 35.5. The van der Waals surface area contributed by atoms with E-state index in [2.05, 4.69) is 20.6 Å². The van der Waals surface area contributed by atoms with Crippen LogP contribution in [0.4, 0.5) is 17.5 Å². The number of hydrogen-bond donors (Lipinski definition) is 2. The molecular weight excluding hydrogens is 252 g/mol. The molecule has 0 bridgehead atoms. The maximum Gasteiger partial charge on any atom is 0.229 e. The molecule has 0 spiro atoms. The highest BCUT2D eigenvalue weighted by Gasteiger charge is 2.05. The Kier molecular flexibility index (Phi) is 3.84. The van der Waals surface area contributed by atoms with Gasteiger partial charge in [-0.05, 0) is 18.2 Å². The van der Waals surface area contributed by atoms with Crippen LogP contribution in [0.3, 0.4) is 0 Å². The summed E-state index contributed by atoms with van der Waals surface area (Å²) in [5, 5.41) is 6.57. The minimum Gasteiger partial charge on any atom is -0.497 e. The Hall–Kier alpha value is -2.01. The van der Waals surface area contributed by atoms with Crippen molar-refractivity contribution in [3.63, 3.8) is 0 Å². The number of nitrogens with one attached hydrogen (secondary N) is 2. The predicted octanol–water partition coefficient (Wildman–Crippen LogP) is 2.92. The van der Waals surface area contributed by atoms with E-state index >= 15 is 0 Å². The van der Waals surface area contributed by atoms with Crippen molar-refractivity contribution in [2.45, 2.75) is 0 Å². The summed E-state index contributed by atoms with van der Waals surface area (Å²) < 4.78 is 5.14. The molecule has 0 saturated carbocycles. The molecule has 18 heavy (non-hydrogen) atoms. The normalized spacial score (nSPS) is 9.94. The summed E-state index contributed by atoms with van der Waals surface area (Å²) >= 11 is 6.09. The third-order valence-corrected chi connectivity index (χ3v) is 2.66. The number of anilines is 3. The van der Waals surface area contributed by atoms with Crippen molar-refractivity contribution >= 4 is 29.1 Å². The number of nitrogens with zero attached hydrogens (tertiary/aromatic N) is 2.